The summed E-state index contributed by atoms with van der Waals surface area (Å²) < 4.78 is 18.9. The van der Waals surface area contributed by atoms with Gasteiger partial charge in [0.2, 0.25) is 6.67 Å². The van der Waals surface area contributed by atoms with Crippen LogP contribution in [0.5, 0.6) is 0 Å². The van der Waals surface area contributed by atoms with Gasteiger partial charge in [-0.2, -0.15) is 17.9 Å². The van der Waals surface area contributed by atoms with Crippen molar-refractivity contribution in [3.63, 3.8) is 0 Å². The molecule has 13 heterocycles. The van der Waals surface area contributed by atoms with Crippen LogP contribution < -0.4 is 23.9 Å². The molecule has 0 fully saturated rings. The summed E-state index contributed by atoms with van der Waals surface area (Å²) in [6.07, 6.45) is 14.8. The number of aliphatic hydroxyl groups excluding tert-OH is 2. The zero-order valence-corrected chi connectivity index (χ0v) is 73.3. The second-order valence-electron chi connectivity index (χ2n) is 30.4. The van der Waals surface area contributed by atoms with Crippen molar-refractivity contribution in [2.24, 2.45) is 0 Å². The summed E-state index contributed by atoms with van der Waals surface area (Å²) in [6.45, 7) is 10.0. The van der Waals surface area contributed by atoms with Crippen LogP contribution in [0.3, 0.4) is 0 Å². The van der Waals surface area contributed by atoms with Crippen molar-refractivity contribution < 1.29 is 79.2 Å². The van der Waals surface area contributed by atoms with Crippen LogP contribution in [0.4, 0.5) is 0 Å². The van der Waals surface area contributed by atoms with Gasteiger partial charge in [-0.1, -0.05) is 188 Å². The van der Waals surface area contributed by atoms with Crippen LogP contribution >= 0.6 is 0 Å². The van der Waals surface area contributed by atoms with Gasteiger partial charge in [0.1, 0.15) is 30.8 Å². The molecule has 1 radical (unpaired) electrons. The van der Waals surface area contributed by atoms with Crippen molar-refractivity contribution in [2.45, 2.75) is 54.0 Å². The molecule has 0 spiro atoms. The van der Waals surface area contributed by atoms with E-state index in [2.05, 4.69) is 325 Å². The van der Waals surface area contributed by atoms with Crippen molar-refractivity contribution >= 4 is 112 Å². The van der Waals surface area contributed by atoms with Gasteiger partial charge in [-0.25, -0.2) is 13.7 Å². The van der Waals surface area contributed by atoms with Crippen molar-refractivity contribution in [1.29, 1.82) is 0 Å². The number of carbonyl (C=O) groups is 2. The second kappa shape index (κ2) is 37.3. The first kappa shape index (κ1) is 83.3. The largest absolute Gasteiger partial charge is 0.512 e. The molecule has 0 saturated carbocycles. The minimum atomic E-state index is -0.125. The van der Waals surface area contributed by atoms with Gasteiger partial charge in [0, 0.05) is 98.7 Å². The molecular weight excluding hydrogens is 1890 g/mol. The molecule has 8 aromatic heterocycles. The van der Waals surface area contributed by atoms with E-state index in [4.69, 9.17) is 15.2 Å². The number of aliphatic hydroxyl groups is 2. The number of carbonyl (C=O) groups excluding carboxylic acids is 2. The maximum atomic E-state index is 10.0. The molecule has 609 valence electrons. The average Bonchev–Trinajstić information content (AvgIpc) is 1.55. The van der Waals surface area contributed by atoms with Gasteiger partial charge in [0.15, 0.2) is 56.5 Å². The minimum Gasteiger partial charge on any atom is -0.512 e. The summed E-state index contributed by atoms with van der Waals surface area (Å²) in [5.41, 5.74) is 26.2. The molecule has 25 rings (SSSR count). The van der Waals surface area contributed by atoms with E-state index in [9.17, 15) is 9.59 Å². The number of pyridine rings is 4. The minimum absolute atomic E-state index is 0. The molecule has 2 N–H and O–H groups in total. The first-order valence-corrected chi connectivity index (χ1v) is 40.9. The summed E-state index contributed by atoms with van der Waals surface area (Å²) >= 11 is 0. The van der Waals surface area contributed by atoms with Gasteiger partial charge in [-0.05, 0) is 154 Å². The molecule has 0 amide bonds. The molecule has 0 unspecified atom stereocenters. The third-order valence-corrected chi connectivity index (χ3v) is 22.2. The Balaban J connectivity index is 0.000000107. The Morgan fingerprint density at radius 3 is 1.67 bits per heavy atom. The molecule has 5 aliphatic rings. The molecule has 0 saturated heterocycles. The Morgan fingerprint density at radius 1 is 0.460 bits per heavy atom. The predicted octanol–water partition coefficient (Wildman–Crippen LogP) is 20.1. The van der Waals surface area contributed by atoms with Gasteiger partial charge in [0.25, 0.3) is 17.1 Å². The molecule has 12 aromatic carbocycles. The molecule has 0 bridgehead atoms. The number of fused-ring (bicyclic) bond motifs is 18. The SMILES string of the molecule is C1=CB2c3cccc[n+]3CN2C=C1.CC(=O)/C=C(/C)O.CC(=O)C=C(C)O.[Ir].[Pt].[c-]1ccccc1-c1ccccn1.[c-]1ccccc1-c1nc2ccccc2n1-c1ccccc1.c1cc2c3c(c1)c1ccccc1n1c4ccccc4[n+](c31)C2.c1cc2c3c(c1)ccn1c4ccccc4[n+](c31)C2.c1ccc(-n2c3[n+](c4ccccc42)Cc2ccccc2-3)cc1. The Kier molecular flexibility index (Phi) is 25.1. The van der Waals surface area contributed by atoms with E-state index >= 15 is 0 Å². The third-order valence-electron chi connectivity index (χ3n) is 22.2. The Morgan fingerprint density at radius 2 is 1.00 bits per heavy atom. The Bertz CT molecular complexity index is 7400. The molecular formula is C106H86BIrN11O4Pt+2. The van der Waals surface area contributed by atoms with Crippen LogP contribution in [-0.2, 0) is 77.1 Å². The first-order chi connectivity index (χ1) is 59.9. The molecule has 20 aromatic rings. The van der Waals surface area contributed by atoms with Gasteiger partial charge in [0.05, 0.1) is 50.9 Å². The number of para-hydroxylation sites is 11. The first-order valence-electron chi connectivity index (χ1n) is 40.9. The number of allylic oxidation sites excluding steroid dienone is 6. The maximum Gasteiger partial charge on any atom is 0.401 e. The summed E-state index contributed by atoms with van der Waals surface area (Å²) in [4.78, 5) is 31.4. The van der Waals surface area contributed by atoms with Crippen LogP contribution in [0.15, 0.2) is 400 Å². The van der Waals surface area contributed by atoms with Crippen LogP contribution in [0.25, 0.3) is 133 Å². The van der Waals surface area contributed by atoms with Crippen molar-refractivity contribution in [3.05, 3.63) is 429 Å². The Hall–Kier alpha value is -14.3. The van der Waals surface area contributed by atoms with E-state index < -0.39 is 0 Å². The quantitative estimate of drug-likeness (QED) is 0.0422. The molecule has 0 atom stereocenters. The van der Waals surface area contributed by atoms with Crippen LogP contribution in [0.1, 0.15) is 44.4 Å². The predicted molar refractivity (Wildman–Crippen MR) is 489 cm³/mol. The van der Waals surface area contributed by atoms with Gasteiger partial charge in [-0.3, -0.25) is 14.6 Å². The number of rotatable bonds is 6. The van der Waals surface area contributed by atoms with E-state index in [1.807, 2.05) is 103 Å². The fourth-order valence-electron chi connectivity index (χ4n) is 17.3. The smallest absolute Gasteiger partial charge is 0.401 e. The zero-order chi connectivity index (χ0) is 83.2. The number of nitrogens with zero attached hydrogens (tertiary/aromatic N) is 11. The van der Waals surface area contributed by atoms with E-state index in [-0.39, 0.29) is 64.3 Å². The van der Waals surface area contributed by atoms with Crippen LogP contribution in [-0.4, -0.2) is 61.3 Å². The number of hydrogen-bond donors (Lipinski definition) is 2. The van der Waals surface area contributed by atoms with E-state index in [1.165, 1.54) is 156 Å². The summed E-state index contributed by atoms with van der Waals surface area (Å²) in [5.74, 6) is 4.31. The maximum absolute atomic E-state index is 10.0. The fraction of sp³-hybridized carbons (Fsp3) is 0.0755. The normalized spacial score (nSPS) is 12.4. The van der Waals surface area contributed by atoms with Crippen LogP contribution in [0.2, 0.25) is 0 Å². The standard InChI is InChI=1S/C20H13N2.C20H15N2.C19H13N2.C16H11N2.C11H8N.C10H10BN2.2C5H8O2.Ir.Pt/c1-2-9-16-14(7-1)15-8-5-6-13-12-21-17-10-3-4-11-18(17)22(16)20(21)19(13)15;1-2-9-16(10-3-1)22-19-13-7-6-12-18(19)21-14-15-8-4-5-11-17(15)20(21)22;1-3-9-15(10-4-1)19-20-17-13-7-8-14-18(17)21(19)16-11-5-2-6-12-16;1-2-7-14-13(6-1)17-9-8-11-4-3-5-12-10-18(14)16(17)15(11)12;1-2-6-10(7-3-1)11-8-4-5-9-12-11;1-3-7-12-9-13-8-4-2-6-11(13)10(12)5-1;2*1-4(6)3-5(2)7;;/h1-11H,12H2;1-13H,14H2;1-9,11-14H;1-9H,10H2;1-6,8-9H;1-8H,9H2;2*3,6H,1-2H3;;/q2*+1;-1;+1;-1;+1;;;;/b;;;;;;4-3-;;;. The van der Waals surface area contributed by atoms with Gasteiger partial charge >= 0.3 is 6.85 Å². The zero-order valence-electron chi connectivity index (χ0n) is 68.6. The molecule has 5 aliphatic heterocycles. The summed E-state index contributed by atoms with van der Waals surface area (Å²) in [7, 11) is 0. The number of aromatic nitrogens is 10. The van der Waals surface area contributed by atoms with E-state index in [0.717, 1.165) is 65.7 Å². The Labute approximate surface area is 746 Å². The fourth-order valence-corrected chi connectivity index (χ4v) is 17.3. The van der Waals surface area contributed by atoms with E-state index in [0.29, 0.717) is 6.85 Å². The number of ketones is 2. The summed E-state index contributed by atoms with van der Waals surface area (Å²) in [5, 5.41) is 23.6. The molecule has 124 heavy (non-hydrogen) atoms. The van der Waals surface area contributed by atoms with Gasteiger partial charge < -0.3 is 24.6 Å². The second-order valence-corrected chi connectivity index (χ2v) is 30.4. The third kappa shape index (κ3) is 16.7. The van der Waals surface area contributed by atoms with Gasteiger partial charge in [-0.15, -0.1) is 71.8 Å². The number of hydrogen-bond acceptors (Lipinski definition) is 7. The topological polar surface area (TPSA) is 138 Å². The average molecular weight is 1980 g/mol. The molecule has 15 nitrogen and oxygen atoms in total. The van der Waals surface area contributed by atoms with Crippen molar-refractivity contribution in [1.82, 2.24) is 32.7 Å². The molecule has 0 aliphatic carbocycles. The molecule has 18 heteroatoms. The van der Waals surface area contributed by atoms with Crippen LogP contribution in [0, 0.1) is 12.1 Å². The summed E-state index contributed by atoms with van der Waals surface area (Å²) in [6, 6.07) is 123. The number of imidazole rings is 4. The van der Waals surface area contributed by atoms with E-state index in [1.54, 1.807) is 6.20 Å². The van der Waals surface area contributed by atoms with Crippen molar-refractivity contribution in [3.8, 4) is 45.4 Å². The van der Waals surface area contributed by atoms with Crippen molar-refractivity contribution in [2.75, 3.05) is 0 Å². The number of benzene rings is 12. The monoisotopic (exact) mass is 1980 g/mol.